The summed E-state index contributed by atoms with van der Waals surface area (Å²) in [7, 11) is 0. The minimum atomic E-state index is -4.31. The maximum atomic E-state index is 13.1. The van der Waals surface area contributed by atoms with Gasteiger partial charge in [0.25, 0.3) is 0 Å². The van der Waals surface area contributed by atoms with Crippen molar-refractivity contribution in [2.45, 2.75) is 19.6 Å². The first-order valence-electron chi connectivity index (χ1n) is 8.69. The van der Waals surface area contributed by atoms with Gasteiger partial charge in [0.15, 0.2) is 5.78 Å². The van der Waals surface area contributed by atoms with Gasteiger partial charge in [-0.2, -0.15) is 13.2 Å². The predicted molar refractivity (Wildman–Crippen MR) is 94.5 cm³/mol. The molecule has 3 nitrogen and oxygen atoms in total. The van der Waals surface area contributed by atoms with E-state index in [0.29, 0.717) is 17.7 Å². The van der Waals surface area contributed by atoms with Crippen LogP contribution in [0.1, 0.15) is 28.4 Å². The number of rotatable bonds is 4. The Kier molecular flexibility index (Phi) is 5.32. The van der Waals surface area contributed by atoms with E-state index >= 15 is 0 Å². The molecule has 2 aromatic rings. The Labute approximate surface area is 151 Å². The molecule has 138 valence electrons. The molecule has 1 aliphatic rings. The van der Waals surface area contributed by atoms with Crippen LogP contribution in [0.5, 0.6) is 0 Å². The van der Waals surface area contributed by atoms with Crippen LogP contribution in [0.25, 0.3) is 0 Å². The zero-order chi connectivity index (χ0) is 18.7. The van der Waals surface area contributed by atoms with Crippen LogP contribution in [0, 0.1) is 0 Å². The topological polar surface area (TPSA) is 24.8 Å². The highest BCUT2D eigenvalue weighted by molar-refractivity contribution is 5.94. The molecule has 26 heavy (non-hydrogen) atoms. The highest BCUT2D eigenvalue weighted by atomic mass is 19.4. The van der Waals surface area contributed by atoms with Gasteiger partial charge in [-0.25, -0.2) is 0 Å². The second-order valence-corrected chi connectivity index (χ2v) is 6.67. The van der Waals surface area contributed by atoms with E-state index in [1.807, 2.05) is 24.3 Å². The number of benzene rings is 2. The molecule has 0 amide bonds. The summed E-state index contributed by atoms with van der Waals surface area (Å²) in [5.41, 5.74) is 1.55. The predicted octanol–water partition coefficient (Wildman–Crippen LogP) is 2.81. The van der Waals surface area contributed by atoms with Crippen molar-refractivity contribution in [3.05, 3.63) is 65.2 Å². The Morgan fingerprint density at radius 1 is 1.04 bits per heavy atom. The summed E-state index contributed by atoms with van der Waals surface area (Å²) in [5.74, 6) is 0.0362. The number of carbonyl (C=O) groups excluding carboxylic acids is 1. The Morgan fingerprint density at radius 2 is 1.65 bits per heavy atom. The van der Waals surface area contributed by atoms with Gasteiger partial charge >= 0.3 is 6.18 Å². The van der Waals surface area contributed by atoms with E-state index in [1.165, 1.54) is 13.0 Å². The Balaban J connectivity index is 1.62. The van der Waals surface area contributed by atoms with E-state index < -0.39 is 11.7 Å². The number of Topliss-reactive ketones (excluding diaryl/α,β-unsaturated/α-hetero) is 1. The second kappa shape index (κ2) is 7.50. The highest BCUT2D eigenvalue weighted by Crippen LogP contribution is 2.31. The Bertz CT molecular complexity index is 763. The summed E-state index contributed by atoms with van der Waals surface area (Å²) in [4.78, 5) is 14.7. The molecule has 1 aliphatic heterocycles. The zero-order valence-electron chi connectivity index (χ0n) is 14.6. The number of halogens is 3. The van der Waals surface area contributed by atoms with Gasteiger partial charge in [0.05, 0.1) is 31.7 Å². The second-order valence-electron chi connectivity index (χ2n) is 6.67. The summed E-state index contributed by atoms with van der Waals surface area (Å²) in [6, 6.07) is 13.3. The molecule has 2 aromatic carbocycles. The van der Waals surface area contributed by atoms with Crippen molar-refractivity contribution >= 4 is 11.5 Å². The summed E-state index contributed by atoms with van der Waals surface area (Å²) in [6.07, 6.45) is -4.31. The lowest BCUT2D eigenvalue weighted by molar-refractivity contribution is -0.914. The number of carbonyl (C=O) groups is 1. The number of anilines is 1. The minimum Gasteiger partial charge on any atom is -0.360 e. The SMILES string of the molecule is CC(=O)c1ccc(N2CC[NH+](Cc3ccccc3C(F)(F)F)CC2)cc1. The third-order valence-corrected chi connectivity index (χ3v) is 4.87. The fraction of sp³-hybridized carbons (Fsp3) is 0.350. The maximum Gasteiger partial charge on any atom is 0.416 e. The monoisotopic (exact) mass is 363 g/mol. The molecule has 0 unspecified atom stereocenters. The molecule has 0 radical (unpaired) electrons. The van der Waals surface area contributed by atoms with Crippen LogP contribution in [0.15, 0.2) is 48.5 Å². The first-order valence-corrected chi connectivity index (χ1v) is 8.69. The molecule has 1 fully saturated rings. The lowest BCUT2D eigenvalue weighted by atomic mass is 10.1. The molecule has 0 aliphatic carbocycles. The van der Waals surface area contributed by atoms with Crippen LogP contribution in [0.3, 0.4) is 0 Å². The smallest absolute Gasteiger partial charge is 0.360 e. The molecule has 6 heteroatoms. The number of hydrogen-bond donors (Lipinski definition) is 1. The first-order chi connectivity index (χ1) is 12.3. The molecule has 1 heterocycles. The van der Waals surface area contributed by atoms with Crippen molar-refractivity contribution in [1.82, 2.24) is 0 Å². The van der Waals surface area contributed by atoms with Gasteiger partial charge in [-0.3, -0.25) is 4.79 Å². The lowest BCUT2D eigenvalue weighted by Gasteiger charge is -2.34. The number of piperazine rings is 1. The van der Waals surface area contributed by atoms with Gasteiger partial charge in [0, 0.05) is 16.8 Å². The minimum absolute atomic E-state index is 0.0362. The third kappa shape index (κ3) is 4.25. The van der Waals surface area contributed by atoms with Crippen LogP contribution in [-0.2, 0) is 12.7 Å². The van der Waals surface area contributed by atoms with Gasteiger partial charge in [0.1, 0.15) is 6.54 Å². The van der Waals surface area contributed by atoms with Crippen LogP contribution in [0.4, 0.5) is 18.9 Å². The van der Waals surface area contributed by atoms with E-state index in [4.69, 9.17) is 0 Å². The van der Waals surface area contributed by atoms with E-state index in [0.717, 1.165) is 42.8 Å². The number of hydrogen-bond acceptors (Lipinski definition) is 2. The van der Waals surface area contributed by atoms with Gasteiger partial charge in [0.2, 0.25) is 0 Å². The number of nitrogens with zero attached hydrogens (tertiary/aromatic N) is 1. The number of alkyl halides is 3. The standard InChI is InChI=1S/C20H21F3N2O/c1-15(26)16-6-8-18(9-7-16)25-12-10-24(11-13-25)14-17-4-2-3-5-19(17)20(21,22)23/h2-9H,10-14H2,1H3/p+1. The van der Waals surface area contributed by atoms with Crippen LogP contribution in [0.2, 0.25) is 0 Å². The number of quaternary nitrogens is 1. The van der Waals surface area contributed by atoms with Crippen molar-refractivity contribution < 1.29 is 22.9 Å². The molecular weight excluding hydrogens is 341 g/mol. The average Bonchev–Trinajstić information content (AvgIpc) is 2.62. The average molecular weight is 363 g/mol. The molecule has 1 saturated heterocycles. The third-order valence-electron chi connectivity index (χ3n) is 4.87. The number of nitrogens with one attached hydrogen (secondary N) is 1. The van der Waals surface area contributed by atoms with Crippen LogP contribution >= 0.6 is 0 Å². The number of ketones is 1. The maximum absolute atomic E-state index is 13.1. The fourth-order valence-corrected chi connectivity index (χ4v) is 3.39. The van der Waals surface area contributed by atoms with Gasteiger partial charge in [-0.1, -0.05) is 18.2 Å². The van der Waals surface area contributed by atoms with Gasteiger partial charge in [-0.05, 0) is 37.3 Å². The quantitative estimate of drug-likeness (QED) is 0.845. The summed E-state index contributed by atoms with van der Waals surface area (Å²) < 4.78 is 39.4. The Morgan fingerprint density at radius 3 is 2.23 bits per heavy atom. The fourth-order valence-electron chi connectivity index (χ4n) is 3.39. The summed E-state index contributed by atoms with van der Waals surface area (Å²) >= 11 is 0. The van der Waals surface area contributed by atoms with Crippen LogP contribution in [-0.4, -0.2) is 32.0 Å². The molecule has 0 aromatic heterocycles. The normalized spacial score (nSPS) is 15.9. The molecule has 1 N–H and O–H groups in total. The molecule has 3 rings (SSSR count). The van der Waals surface area contributed by atoms with Crippen molar-refractivity contribution in [1.29, 1.82) is 0 Å². The van der Waals surface area contributed by atoms with Crippen molar-refractivity contribution in [2.75, 3.05) is 31.1 Å². The zero-order valence-corrected chi connectivity index (χ0v) is 14.6. The summed E-state index contributed by atoms with van der Waals surface area (Å²) in [6.45, 7) is 5.04. The van der Waals surface area contributed by atoms with E-state index in [9.17, 15) is 18.0 Å². The first kappa shape index (κ1) is 18.5. The van der Waals surface area contributed by atoms with Gasteiger partial charge < -0.3 is 9.80 Å². The van der Waals surface area contributed by atoms with E-state index in [2.05, 4.69) is 4.90 Å². The molecule has 0 spiro atoms. The largest absolute Gasteiger partial charge is 0.416 e. The van der Waals surface area contributed by atoms with Crippen LogP contribution < -0.4 is 9.80 Å². The van der Waals surface area contributed by atoms with E-state index in [-0.39, 0.29) is 5.78 Å². The molecule has 0 bridgehead atoms. The lowest BCUT2D eigenvalue weighted by Crippen LogP contribution is -3.13. The molecule has 0 saturated carbocycles. The highest BCUT2D eigenvalue weighted by Gasteiger charge is 2.34. The van der Waals surface area contributed by atoms with Gasteiger partial charge in [-0.15, -0.1) is 0 Å². The summed E-state index contributed by atoms with van der Waals surface area (Å²) in [5, 5.41) is 0. The van der Waals surface area contributed by atoms with E-state index in [1.54, 1.807) is 12.1 Å². The molecular formula is C20H22F3N2O+. The van der Waals surface area contributed by atoms with Crippen molar-refractivity contribution in [2.24, 2.45) is 0 Å². The van der Waals surface area contributed by atoms with Crippen molar-refractivity contribution in [3.8, 4) is 0 Å². The molecule has 0 atom stereocenters. The van der Waals surface area contributed by atoms with Crippen molar-refractivity contribution in [3.63, 3.8) is 0 Å². The Hall–Kier alpha value is -2.34.